The summed E-state index contributed by atoms with van der Waals surface area (Å²) in [6, 6.07) is 10.5. The number of carbonyl (C=O) groups is 1. The largest absolute Gasteiger partial charge is 0.501 e. The Kier molecular flexibility index (Phi) is 6.17. The highest BCUT2D eigenvalue weighted by Crippen LogP contribution is 2.44. The molecular weight excluding hydrogens is 382 g/mol. The number of amides is 1. The predicted octanol–water partition coefficient (Wildman–Crippen LogP) is 4.41. The smallest absolute Gasteiger partial charge is 0.265 e. The summed E-state index contributed by atoms with van der Waals surface area (Å²) in [6.45, 7) is 8.08. The fourth-order valence-electron chi connectivity index (χ4n) is 3.28. The summed E-state index contributed by atoms with van der Waals surface area (Å²) in [5, 5.41) is 13.7. The Balaban J connectivity index is 0.000000244. The lowest BCUT2D eigenvalue weighted by Crippen LogP contribution is -2.35. The lowest BCUT2D eigenvalue weighted by Gasteiger charge is -2.21. The Morgan fingerprint density at radius 1 is 1.17 bits per heavy atom. The van der Waals surface area contributed by atoms with Gasteiger partial charge in [0.1, 0.15) is 0 Å². The number of aryl methyl sites for hydroxylation is 1. The maximum Gasteiger partial charge on any atom is 0.265 e. The average Bonchev–Trinajstić information content (AvgIpc) is 3.30. The molecule has 1 amide bonds. The van der Waals surface area contributed by atoms with E-state index >= 15 is 0 Å². The molecule has 0 aromatic heterocycles. The van der Waals surface area contributed by atoms with Crippen molar-refractivity contribution in [2.24, 2.45) is 0 Å². The van der Waals surface area contributed by atoms with Crippen LogP contribution in [0.25, 0.3) is 0 Å². The van der Waals surface area contributed by atoms with Crippen LogP contribution in [0, 0.1) is 6.92 Å². The van der Waals surface area contributed by atoms with E-state index in [9.17, 15) is 9.90 Å². The van der Waals surface area contributed by atoms with E-state index in [0.29, 0.717) is 28.3 Å². The lowest BCUT2D eigenvalue weighted by molar-refractivity contribution is -0.129. The van der Waals surface area contributed by atoms with Gasteiger partial charge in [-0.15, -0.1) is 0 Å². The van der Waals surface area contributed by atoms with Gasteiger partial charge in [-0.25, -0.2) is 0 Å². The number of benzene rings is 2. The number of carbonyl (C=O) groups excluding carboxylic acids is 1. The van der Waals surface area contributed by atoms with E-state index < -0.39 is 11.5 Å². The van der Waals surface area contributed by atoms with Gasteiger partial charge < -0.3 is 24.6 Å². The minimum absolute atomic E-state index is 0.152. The summed E-state index contributed by atoms with van der Waals surface area (Å²) >= 11 is 0. The van der Waals surface area contributed by atoms with E-state index in [-0.39, 0.29) is 6.79 Å². The predicted molar refractivity (Wildman–Crippen MR) is 116 cm³/mol. The number of rotatable bonds is 3. The third-order valence-electron chi connectivity index (χ3n) is 5.14. The van der Waals surface area contributed by atoms with Crippen LogP contribution in [-0.4, -0.2) is 24.9 Å². The first-order valence-corrected chi connectivity index (χ1v) is 9.70. The third-order valence-corrected chi connectivity index (χ3v) is 5.14. The van der Waals surface area contributed by atoms with Crippen molar-refractivity contribution in [2.75, 3.05) is 19.2 Å². The molecule has 2 aliphatic rings. The van der Waals surface area contributed by atoms with Gasteiger partial charge in [0.15, 0.2) is 17.1 Å². The van der Waals surface area contributed by atoms with Crippen molar-refractivity contribution in [3.8, 4) is 11.5 Å². The van der Waals surface area contributed by atoms with Gasteiger partial charge in [-0.3, -0.25) is 4.79 Å². The zero-order valence-electron chi connectivity index (χ0n) is 17.9. The topological polar surface area (TPSA) is 77.0 Å². The fourth-order valence-corrected chi connectivity index (χ4v) is 3.28. The molecule has 4 rings (SSSR count). The number of hydrogen-bond donors (Lipinski definition) is 2. The van der Waals surface area contributed by atoms with Crippen molar-refractivity contribution in [1.29, 1.82) is 0 Å². The standard InChI is InChI=1S/C16H13NO4.C8H14O/c1-9-2-4-11-12(6-9)17-15(18)16(11,19)10-3-5-13-14(7-10)21-8-20-13;1-5-7(2)6-8(3)9-4/h2-7,19H,8H2,1H3,(H,17,18);5-6H,1-4H3/b;7-5-,8-6+. The number of ether oxygens (including phenoxy) is 3. The number of aliphatic hydroxyl groups is 1. The molecule has 0 aliphatic carbocycles. The zero-order valence-corrected chi connectivity index (χ0v) is 17.9. The molecule has 0 spiro atoms. The number of hydrogen-bond acceptors (Lipinski definition) is 5. The first kappa shape index (κ1) is 21.5. The van der Waals surface area contributed by atoms with Crippen LogP contribution < -0.4 is 14.8 Å². The van der Waals surface area contributed by atoms with Crippen LogP contribution in [0.4, 0.5) is 5.69 Å². The summed E-state index contributed by atoms with van der Waals surface area (Å²) in [7, 11) is 1.68. The summed E-state index contributed by atoms with van der Waals surface area (Å²) in [4.78, 5) is 12.3. The van der Waals surface area contributed by atoms with E-state index in [4.69, 9.17) is 14.2 Å². The quantitative estimate of drug-likeness (QED) is 0.580. The van der Waals surface area contributed by atoms with Gasteiger partial charge >= 0.3 is 0 Å². The van der Waals surface area contributed by atoms with Crippen molar-refractivity contribution in [2.45, 2.75) is 33.3 Å². The SMILES string of the molecule is C/C=C(C)\C=C(/C)OC.Cc1ccc2c(c1)NC(=O)C2(O)c1ccc2c(c1)OCO2. The summed E-state index contributed by atoms with van der Waals surface area (Å²) in [5.41, 5.74) is 2.20. The first-order chi connectivity index (χ1) is 14.3. The molecule has 6 heteroatoms. The highest BCUT2D eigenvalue weighted by molar-refractivity contribution is 6.07. The van der Waals surface area contributed by atoms with Crippen LogP contribution in [-0.2, 0) is 15.1 Å². The van der Waals surface area contributed by atoms with E-state index in [2.05, 4.69) is 5.32 Å². The Hall–Kier alpha value is -3.25. The Morgan fingerprint density at radius 3 is 2.60 bits per heavy atom. The van der Waals surface area contributed by atoms with Crippen molar-refractivity contribution in [3.63, 3.8) is 0 Å². The molecule has 0 radical (unpaired) electrons. The van der Waals surface area contributed by atoms with Crippen LogP contribution in [0.15, 0.2) is 59.9 Å². The van der Waals surface area contributed by atoms with Crippen LogP contribution in [0.2, 0.25) is 0 Å². The second kappa shape index (κ2) is 8.63. The Bertz CT molecular complexity index is 1020. The highest BCUT2D eigenvalue weighted by atomic mass is 16.7. The molecule has 30 heavy (non-hydrogen) atoms. The van der Waals surface area contributed by atoms with Crippen molar-refractivity contribution in [3.05, 3.63) is 76.6 Å². The number of allylic oxidation sites excluding steroid dienone is 4. The minimum Gasteiger partial charge on any atom is -0.501 e. The average molecular weight is 409 g/mol. The van der Waals surface area contributed by atoms with Gasteiger partial charge in [-0.05, 0) is 57.5 Å². The lowest BCUT2D eigenvalue weighted by atomic mass is 9.87. The molecule has 0 saturated heterocycles. The molecule has 0 fully saturated rings. The van der Waals surface area contributed by atoms with Crippen LogP contribution >= 0.6 is 0 Å². The molecule has 158 valence electrons. The monoisotopic (exact) mass is 409 g/mol. The maximum absolute atomic E-state index is 12.3. The van der Waals surface area contributed by atoms with Crippen molar-refractivity contribution >= 4 is 11.6 Å². The Labute approximate surface area is 176 Å². The molecule has 0 saturated carbocycles. The molecule has 2 aliphatic heterocycles. The molecule has 2 N–H and O–H groups in total. The van der Waals surface area contributed by atoms with Gasteiger partial charge in [0.2, 0.25) is 6.79 Å². The maximum atomic E-state index is 12.3. The molecule has 6 nitrogen and oxygen atoms in total. The molecule has 2 aromatic carbocycles. The van der Waals surface area contributed by atoms with Crippen LogP contribution in [0.5, 0.6) is 11.5 Å². The van der Waals surface area contributed by atoms with E-state index in [0.717, 1.165) is 11.3 Å². The first-order valence-electron chi connectivity index (χ1n) is 9.70. The summed E-state index contributed by atoms with van der Waals surface area (Å²) in [6.07, 6.45) is 4.04. The van der Waals surface area contributed by atoms with Gasteiger partial charge in [0.25, 0.3) is 5.91 Å². The minimum atomic E-state index is -1.70. The summed E-state index contributed by atoms with van der Waals surface area (Å²) < 4.78 is 15.5. The number of fused-ring (bicyclic) bond motifs is 2. The van der Waals surface area contributed by atoms with Crippen LogP contribution in [0.1, 0.15) is 37.5 Å². The molecular formula is C24H27NO5. The molecule has 1 atom stereocenters. The fraction of sp³-hybridized carbons (Fsp3) is 0.292. The summed E-state index contributed by atoms with van der Waals surface area (Å²) in [5.74, 6) is 1.65. The molecule has 0 bridgehead atoms. The number of nitrogens with one attached hydrogen (secondary N) is 1. The second-order valence-electron chi connectivity index (χ2n) is 7.27. The van der Waals surface area contributed by atoms with Gasteiger partial charge in [-0.2, -0.15) is 0 Å². The molecule has 2 aromatic rings. The third kappa shape index (κ3) is 4.04. The van der Waals surface area contributed by atoms with E-state index in [1.54, 1.807) is 31.4 Å². The molecule has 1 unspecified atom stereocenters. The van der Waals surface area contributed by atoms with Gasteiger partial charge in [0.05, 0.1) is 12.9 Å². The van der Waals surface area contributed by atoms with Gasteiger partial charge in [-0.1, -0.05) is 29.8 Å². The van der Waals surface area contributed by atoms with E-state index in [1.807, 2.05) is 52.0 Å². The van der Waals surface area contributed by atoms with Gasteiger partial charge in [0, 0.05) is 16.8 Å². The Morgan fingerprint density at radius 2 is 1.90 bits per heavy atom. The molecule has 2 heterocycles. The zero-order chi connectivity index (χ0) is 21.9. The number of methoxy groups -OCH3 is 1. The van der Waals surface area contributed by atoms with Crippen LogP contribution in [0.3, 0.4) is 0 Å². The van der Waals surface area contributed by atoms with Crippen molar-refractivity contribution < 1.29 is 24.1 Å². The van der Waals surface area contributed by atoms with E-state index in [1.165, 1.54) is 5.57 Å². The normalized spacial score (nSPS) is 19.6. The number of anilines is 1. The van der Waals surface area contributed by atoms with Crippen molar-refractivity contribution in [1.82, 2.24) is 0 Å². The highest BCUT2D eigenvalue weighted by Gasteiger charge is 2.47. The second-order valence-corrected chi connectivity index (χ2v) is 7.27.